The Morgan fingerprint density at radius 3 is 2.00 bits per heavy atom. The molecule has 3 nitrogen and oxygen atoms in total. The van der Waals surface area contributed by atoms with Gasteiger partial charge in [0, 0.05) is 20.2 Å². The van der Waals surface area contributed by atoms with Crippen LogP contribution in [0.3, 0.4) is 0 Å². The molecule has 148 valence electrons. The molecule has 2 aliphatic heterocycles. The second-order valence-electron chi connectivity index (χ2n) is 10.5. The Labute approximate surface area is 157 Å². The lowest BCUT2D eigenvalue weighted by Gasteiger charge is -2.50. The summed E-state index contributed by atoms with van der Waals surface area (Å²) in [5.74, 6) is 0.899. The lowest BCUT2D eigenvalue weighted by Crippen LogP contribution is -2.53. The van der Waals surface area contributed by atoms with Gasteiger partial charge in [0.1, 0.15) is 0 Å². The number of likely N-dealkylation sites (tertiary alicyclic amines) is 2. The van der Waals surface area contributed by atoms with Gasteiger partial charge in [0.05, 0.1) is 5.60 Å². The van der Waals surface area contributed by atoms with E-state index in [0.29, 0.717) is 5.41 Å². The predicted molar refractivity (Wildman–Crippen MR) is 108 cm³/mol. The van der Waals surface area contributed by atoms with E-state index in [0.717, 1.165) is 19.0 Å². The van der Waals surface area contributed by atoms with Gasteiger partial charge >= 0.3 is 0 Å². The van der Waals surface area contributed by atoms with Crippen LogP contribution in [0.4, 0.5) is 0 Å². The van der Waals surface area contributed by atoms with Gasteiger partial charge in [-0.3, -0.25) is 0 Å². The van der Waals surface area contributed by atoms with E-state index >= 15 is 0 Å². The molecule has 0 spiro atoms. The van der Waals surface area contributed by atoms with Crippen LogP contribution >= 0.6 is 0 Å². The lowest BCUT2D eigenvalue weighted by molar-refractivity contribution is -0.134. The topological polar surface area (TPSA) is 15.7 Å². The summed E-state index contributed by atoms with van der Waals surface area (Å²) in [6, 6.07) is 0. The summed E-state index contributed by atoms with van der Waals surface area (Å²) in [5.41, 5.74) is 0.804. The fourth-order valence-electron chi connectivity index (χ4n) is 5.13. The van der Waals surface area contributed by atoms with Crippen molar-refractivity contribution >= 4 is 0 Å². The second kappa shape index (κ2) is 8.27. The lowest BCUT2D eigenvalue weighted by atomic mass is 9.67. The second-order valence-corrected chi connectivity index (χ2v) is 10.5. The van der Waals surface area contributed by atoms with Gasteiger partial charge in [-0.15, -0.1) is 0 Å². The van der Waals surface area contributed by atoms with E-state index in [9.17, 15) is 0 Å². The number of hydrogen-bond donors (Lipinski definition) is 0. The van der Waals surface area contributed by atoms with Gasteiger partial charge in [-0.1, -0.05) is 34.6 Å². The van der Waals surface area contributed by atoms with Crippen molar-refractivity contribution in [3.05, 3.63) is 0 Å². The zero-order valence-corrected chi connectivity index (χ0v) is 18.2. The molecule has 3 heteroatoms. The van der Waals surface area contributed by atoms with Crippen molar-refractivity contribution in [3.8, 4) is 0 Å². The van der Waals surface area contributed by atoms with Crippen LogP contribution in [0.25, 0.3) is 0 Å². The molecule has 2 heterocycles. The highest BCUT2D eigenvalue weighted by Gasteiger charge is 2.46. The zero-order chi connectivity index (χ0) is 18.7. The maximum absolute atomic E-state index is 6.15. The molecule has 2 aliphatic rings. The molecule has 0 N–H and O–H groups in total. The molecule has 25 heavy (non-hydrogen) atoms. The Morgan fingerprint density at radius 1 is 0.960 bits per heavy atom. The molecule has 0 aromatic carbocycles. The van der Waals surface area contributed by atoms with E-state index < -0.39 is 0 Å². The molecule has 0 aromatic heterocycles. The largest absolute Gasteiger partial charge is 0.378 e. The van der Waals surface area contributed by atoms with Gasteiger partial charge < -0.3 is 14.5 Å². The molecular formula is C22H44N2O. The standard InChI is InChI=1S/C22H44N2O/c1-20(2,3)19-9-15-24(16-10-19)14-8-11-21(4,5)22(25-7)12-17-23(6)18-13-22/h19H,8-18H2,1-7H3. The van der Waals surface area contributed by atoms with E-state index in [1.807, 2.05) is 7.11 Å². The van der Waals surface area contributed by atoms with Gasteiger partial charge in [0.15, 0.2) is 0 Å². The summed E-state index contributed by atoms with van der Waals surface area (Å²) in [6.07, 6.45) is 7.66. The van der Waals surface area contributed by atoms with Crippen molar-refractivity contribution in [2.24, 2.45) is 16.7 Å². The molecule has 0 bridgehead atoms. The number of methoxy groups -OCH3 is 1. The Bertz CT molecular complexity index is 397. The molecule has 0 aliphatic carbocycles. The third kappa shape index (κ3) is 5.20. The Kier molecular flexibility index (Phi) is 7.01. The Balaban J connectivity index is 1.78. The Morgan fingerprint density at radius 2 is 1.52 bits per heavy atom. The van der Waals surface area contributed by atoms with E-state index in [2.05, 4.69) is 51.5 Å². The molecule has 0 aromatic rings. The van der Waals surface area contributed by atoms with Crippen LogP contribution in [0, 0.1) is 16.7 Å². The SMILES string of the molecule is COC1(C(C)(C)CCCN2CCC(C(C)(C)C)CC2)CCN(C)CC1. The van der Waals surface area contributed by atoms with Crippen LogP contribution in [0.1, 0.15) is 73.1 Å². The number of piperidine rings is 2. The molecule has 0 saturated carbocycles. The number of rotatable bonds is 6. The van der Waals surface area contributed by atoms with E-state index in [1.54, 1.807) is 0 Å². The molecule has 0 amide bonds. The first-order valence-electron chi connectivity index (χ1n) is 10.6. The van der Waals surface area contributed by atoms with Crippen LogP contribution in [-0.2, 0) is 4.74 Å². The highest BCUT2D eigenvalue weighted by atomic mass is 16.5. The molecule has 0 atom stereocenters. The van der Waals surface area contributed by atoms with E-state index in [1.165, 1.54) is 58.2 Å². The van der Waals surface area contributed by atoms with E-state index in [-0.39, 0.29) is 11.0 Å². The summed E-state index contributed by atoms with van der Waals surface area (Å²) in [6.45, 7) is 18.3. The highest BCUT2D eigenvalue weighted by Crippen LogP contribution is 2.45. The molecule has 2 rings (SSSR count). The fraction of sp³-hybridized carbons (Fsp3) is 1.00. The maximum Gasteiger partial charge on any atom is 0.0753 e. The molecule has 2 fully saturated rings. The Hall–Kier alpha value is -0.120. The first kappa shape index (κ1) is 21.2. The summed E-state index contributed by atoms with van der Waals surface area (Å²) in [5, 5.41) is 0. The van der Waals surface area contributed by atoms with E-state index in [4.69, 9.17) is 4.74 Å². The molecule has 2 saturated heterocycles. The molecular weight excluding hydrogens is 308 g/mol. The third-order valence-corrected chi connectivity index (χ3v) is 7.51. The van der Waals surface area contributed by atoms with Crippen LogP contribution < -0.4 is 0 Å². The van der Waals surface area contributed by atoms with Crippen molar-refractivity contribution in [1.29, 1.82) is 0 Å². The third-order valence-electron chi connectivity index (χ3n) is 7.51. The van der Waals surface area contributed by atoms with Gasteiger partial charge in [-0.2, -0.15) is 0 Å². The van der Waals surface area contributed by atoms with Crippen molar-refractivity contribution in [1.82, 2.24) is 9.80 Å². The highest BCUT2D eigenvalue weighted by molar-refractivity contribution is 4.98. The van der Waals surface area contributed by atoms with Crippen molar-refractivity contribution < 1.29 is 4.74 Å². The fourth-order valence-corrected chi connectivity index (χ4v) is 5.13. The van der Waals surface area contributed by atoms with Gasteiger partial charge in [0.2, 0.25) is 0 Å². The smallest absolute Gasteiger partial charge is 0.0753 e. The summed E-state index contributed by atoms with van der Waals surface area (Å²) < 4.78 is 6.15. The number of ether oxygens (including phenoxy) is 1. The quantitative estimate of drug-likeness (QED) is 0.691. The average molecular weight is 353 g/mol. The number of nitrogens with zero attached hydrogens (tertiary/aromatic N) is 2. The first-order valence-corrected chi connectivity index (χ1v) is 10.6. The minimum absolute atomic E-state index is 0.0682. The summed E-state index contributed by atoms with van der Waals surface area (Å²) in [7, 11) is 4.16. The van der Waals surface area contributed by atoms with Crippen LogP contribution in [-0.4, -0.2) is 62.3 Å². The normalized spacial score (nSPS) is 24.6. The van der Waals surface area contributed by atoms with Crippen molar-refractivity contribution in [2.75, 3.05) is 46.9 Å². The number of hydrogen-bond acceptors (Lipinski definition) is 3. The van der Waals surface area contributed by atoms with Gasteiger partial charge in [-0.05, 0) is 82.0 Å². The van der Waals surface area contributed by atoms with Gasteiger partial charge in [-0.25, -0.2) is 0 Å². The summed E-state index contributed by atoms with van der Waals surface area (Å²) in [4.78, 5) is 5.14. The average Bonchev–Trinajstić information content (AvgIpc) is 2.55. The molecule has 0 radical (unpaired) electrons. The van der Waals surface area contributed by atoms with Crippen LogP contribution in [0.15, 0.2) is 0 Å². The van der Waals surface area contributed by atoms with Gasteiger partial charge in [0.25, 0.3) is 0 Å². The maximum atomic E-state index is 6.15. The monoisotopic (exact) mass is 352 g/mol. The molecule has 0 unspecified atom stereocenters. The van der Waals surface area contributed by atoms with Crippen LogP contribution in [0.5, 0.6) is 0 Å². The van der Waals surface area contributed by atoms with Crippen molar-refractivity contribution in [2.45, 2.75) is 78.7 Å². The van der Waals surface area contributed by atoms with Crippen molar-refractivity contribution in [3.63, 3.8) is 0 Å². The van der Waals surface area contributed by atoms with Crippen LogP contribution in [0.2, 0.25) is 0 Å². The minimum atomic E-state index is 0.0682. The summed E-state index contributed by atoms with van der Waals surface area (Å²) >= 11 is 0. The predicted octanol–water partition coefficient (Wildman–Crippen LogP) is 4.66. The minimum Gasteiger partial charge on any atom is -0.378 e. The zero-order valence-electron chi connectivity index (χ0n) is 18.2. The first-order chi connectivity index (χ1) is 11.6.